The highest BCUT2D eigenvalue weighted by Crippen LogP contribution is 2.45. The van der Waals surface area contributed by atoms with Crippen LogP contribution in [0.5, 0.6) is 0 Å². The number of hydrogen-bond acceptors (Lipinski definition) is 15. The number of aliphatic hydroxyl groups is 1. The number of carbonyl (C=O) groups is 4. The van der Waals surface area contributed by atoms with Crippen LogP contribution < -0.4 is 0 Å². The molecule has 6 atom stereocenters. The summed E-state index contributed by atoms with van der Waals surface area (Å²) in [7, 11) is -9.91. The minimum Gasteiger partial charge on any atom is -0.462 e. The van der Waals surface area contributed by atoms with Crippen molar-refractivity contribution in [2.45, 2.75) is 375 Å². The Bertz CT molecular complexity index is 1800. The summed E-state index contributed by atoms with van der Waals surface area (Å²) < 4.78 is 68.3. The molecule has 0 bridgehead atoms. The van der Waals surface area contributed by atoms with E-state index < -0.39 is 97.5 Å². The quantitative estimate of drug-likeness (QED) is 0.0222. The van der Waals surface area contributed by atoms with Gasteiger partial charge in [0.1, 0.15) is 19.3 Å². The average molecular weight is 1340 g/mol. The molecule has 19 heteroatoms. The molecular weight excluding hydrogens is 1200 g/mol. The van der Waals surface area contributed by atoms with Crippen molar-refractivity contribution in [3.8, 4) is 0 Å². The molecule has 0 spiro atoms. The first-order chi connectivity index (χ1) is 43.6. The monoisotopic (exact) mass is 1340 g/mol. The zero-order valence-electron chi connectivity index (χ0n) is 59.5. The Hall–Kier alpha value is -1.94. The first kappa shape index (κ1) is 89.1. The lowest BCUT2D eigenvalue weighted by Crippen LogP contribution is -2.30. The topological polar surface area (TPSA) is 237 Å². The van der Waals surface area contributed by atoms with Gasteiger partial charge in [0.25, 0.3) is 0 Å². The van der Waals surface area contributed by atoms with Crippen LogP contribution in [0.1, 0.15) is 357 Å². The van der Waals surface area contributed by atoms with Gasteiger partial charge in [0.15, 0.2) is 12.2 Å². The third kappa shape index (κ3) is 65.1. The van der Waals surface area contributed by atoms with Crippen LogP contribution in [0.25, 0.3) is 0 Å². The lowest BCUT2D eigenvalue weighted by molar-refractivity contribution is -0.161. The summed E-state index contributed by atoms with van der Waals surface area (Å²) in [6.45, 7) is 14.1. The lowest BCUT2D eigenvalue weighted by atomic mass is 9.99. The molecule has 0 aliphatic heterocycles. The summed E-state index contributed by atoms with van der Waals surface area (Å²) in [5.41, 5.74) is 0. The molecule has 0 aliphatic carbocycles. The molecule has 0 heterocycles. The zero-order valence-corrected chi connectivity index (χ0v) is 61.3. The molecule has 540 valence electrons. The molecule has 0 aromatic heterocycles. The van der Waals surface area contributed by atoms with Gasteiger partial charge in [0.05, 0.1) is 26.4 Å². The van der Waals surface area contributed by atoms with Gasteiger partial charge in [-0.15, -0.1) is 0 Å². The smallest absolute Gasteiger partial charge is 0.462 e. The van der Waals surface area contributed by atoms with Crippen molar-refractivity contribution >= 4 is 39.5 Å². The molecule has 0 aromatic carbocycles. The minimum absolute atomic E-state index is 0.104. The van der Waals surface area contributed by atoms with Crippen molar-refractivity contribution in [1.29, 1.82) is 0 Å². The molecule has 0 aromatic rings. The van der Waals surface area contributed by atoms with Crippen molar-refractivity contribution in [2.75, 3.05) is 39.6 Å². The molecule has 0 aliphatic rings. The molecule has 4 unspecified atom stereocenters. The summed E-state index contributed by atoms with van der Waals surface area (Å²) in [6, 6.07) is 0. The summed E-state index contributed by atoms with van der Waals surface area (Å²) in [5, 5.41) is 10.6. The maximum atomic E-state index is 13.0. The maximum absolute atomic E-state index is 13.0. The summed E-state index contributed by atoms with van der Waals surface area (Å²) in [5.74, 6) is 0.874. The van der Waals surface area contributed by atoms with Crippen LogP contribution >= 0.6 is 15.6 Å². The van der Waals surface area contributed by atoms with Crippen LogP contribution in [0.4, 0.5) is 0 Å². The van der Waals surface area contributed by atoms with E-state index in [4.69, 9.17) is 37.0 Å². The zero-order chi connectivity index (χ0) is 67.5. The molecule has 91 heavy (non-hydrogen) atoms. The largest absolute Gasteiger partial charge is 0.472 e. The van der Waals surface area contributed by atoms with E-state index in [2.05, 4.69) is 55.4 Å². The highest BCUT2D eigenvalue weighted by atomic mass is 31.2. The van der Waals surface area contributed by atoms with Gasteiger partial charge in [-0.2, -0.15) is 0 Å². The molecule has 17 nitrogen and oxygen atoms in total. The van der Waals surface area contributed by atoms with E-state index in [1.165, 1.54) is 154 Å². The molecule has 0 fully saturated rings. The van der Waals surface area contributed by atoms with Crippen molar-refractivity contribution in [1.82, 2.24) is 0 Å². The Kier molecular flexibility index (Phi) is 60.3. The van der Waals surface area contributed by atoms with Crippen molar-refractivity contribution < 1.29 is 80.2 Å². The number of ether oxygens (including phenoxy) is 4. The van der Waals surface area contributed by atoms with E-state index in [0.717, 1.165) is 114 Å². The van der Waals surface area contributed by atoms with E-state index in [0.29, 0.717) is 31.6 Å². The fraction of sp³-hybridized carbons (Fsp3) is 0.944. The first-order valence-electron chi connectivity index (χ1n) is 37.2. The number of esters is 4. The highest BCUT2D eigenvalue weighted by Gasteiger charge is 2.30. The third-order valence-corrected chi connectivity index (χ3v) is 18.8. The van der Waals surface area contributed by atoms with Gasteiger partial charge in [-0.05, 0) is 49.4 Å². The fourth-order valence-corrected chi connectivity index (χ4v) is 12.4. The second kappa shape index (κ2) is 61.6. The van der Waals surface area contributed by atoms with Gasteiger partial charge >= 0.3 is 39.5 Å². The van der Waals surface area contributed by atoms with Crippen LogP contribution in [0, 0.1) is 23.7 Å². The van der Waals surface area contributed by atoms with Crippen LogP contribution in [-0.4, -0.2) is 96.7 Å². The molecule has 0 amide bonds. The summed E-state index contributed by atoms with van der Waals surface area (Å²) >= 11 is 0. The highest BCUT2D eigenvalue weighted by molar-refractivity contribution is 7.47. The maximum Gasteiger partial charge on any atom is 0.472 e. The Morgan fingerprint density at radius 2 is 0.527 bits per heavy atom. The fourth-order valence-electron chi connectivity index (χ4n) is 10.8. The molecule has 0 rings (SSSR count). The average Bonchev–Trinajstić information content (AvgIpc) is 3.68. The molecule has 0 saturated carbocycles. The molecule has 0 radical (unpaired) electrons. The van der Waals surface area contributed by atoms with Crippen molar-refractivity contribution in [3.63, 3.8) is 0 Å². The van der Waals surface area contributed by atoms with E-state index in [1.54, 1.807) is 0 Å². The van der Waals surface area contributed by atoms with E-state index >= 15 is 0 Å². The van der Waals surface area contributed by atoms with E-state index in [9.17, 15) is 43.2 Å². The standard InChI is InChI=1S/C72H140O17P2/c1-9-65(8)51-43-35-27-20-22-30-39-47-55-72(77)89-68(59-83-70(75)53-45-37-31-23-26-34-42-50-64(6)7)61-87-91(80,81)85-57-66(73)56-84-90(78,79)86-60-67(58-82-69(74)52-44-36-28-21-19-25-33-41-49-63(4)5)88-71(76)54-46-38-29-18-16-14-12-10-11-13-15-17-24-32-40-48-62(2)3/h62-68,73H,9-61H2,1-8H3,(H,78,79)(H,80,81)/t65?,66?,67-,68-/m1/s1. The summed E-state index contributed by atoms with van der Waals surface area (Å²) in [4.78, 5) is 72.6. The molecular formula is C72H140O17P2. The predicted octanol–water partition coefficient (Wildman–Crippen LogP) is 20.5. The Labute approximate surface area is 556 Å². The van der Waals surface area contributed by atoms with Crippen LogP contribution in [0.3, 0.4) is 0 Å². The van der Waals surface area contributed by atoms with Gasteiger partial charge < -0.3 is 33.8 Å². The number of unbranched alkanes of at least 4 members (excludes halogenated alkanes) is 34. The van der Waals surface area contributed by atoms with Gasteiger partial charge in [-0.25, -0.2) is 9.13 Å². The Morgan fingerprint density at radius 3 is 0.780 bits per heavy atom. The van der Waals surface area contributed by atoms with Crippen molar-refractivity contribution in [3.05, 3.63) is 0 Å². The molecule has 0 saturated heterocycles. The number of phosphoric acid groups is 2. The Balaban J connectivity index is 5.23. The summed E-state index contributed by atoms with van der Waals surface area (Å²) in [6.07, 6.45) is 44.5. The third-order valence-electron chi connectivity index (χ3n) is 16.9. The number of hydrogen-bond donors (Lipinski definition) is 3. The predicted molar refractivity (Wildman–Crippen MR) is 367 cm³/mol. The number of carbonyl (C=O) groups excluding carboxylic acids is 4. The first-order valence-corrected chi connectivity index (χ1v) is 40.2. The molecule has 3 N–H and O–H groups in total. The number of phosphoric ester groups is 2. The Morgan fingerprint density at radius 1 is 0.308 bits per heavy atom. The van der Waals surface area contributed by atoms with Crippen LogP contribution in [-0.2, 0) is 65.4 Å². The van der Waals surface area contributed by atoms with E-state index in [1.807, 2.05) is 0 Å². The lowest BCUT2D eigenvalue weighted by Gasteiger charge is -2.21. The van der Waals surface area contributed by atoms with Gasteiger partial charge in [-0.1, -0.05) is 306 Å². The van der Waals surface area contributed by atoms with Crippen molar-refractivity contribution in [2.24, 2.45) is 23.7 Å². The van der Waals surface area contributed by atoms with Gasteiger partial charge in [0.2, 0.25) is 0 Å². The van der Waals surface area contributed by atoms with Gasteiger partial charge in [0, 0.05) is 25.7 Å². The van der Waals surface area contributed by atoms with Crippen LogP contribution in [0.15, 0.2) is 0 Å². The minimum atomic E-state index is -4.95. The second-order valence-electron chi connectivity index (χ2n) is 27.6. The number of rotatable bonds is 69. The normalized spacial score (nSPS) is 14.5. The number of aliphatic hydroxyl groups excluding tert-OH is 1. The van der Waals surface area contributed by atoms with Crippen LogP contribution in [0.2, 0.25) is 0 Å². The van der Waals surface area contributed by atoms with E-state index in [-0.39, 0.29) is 25.7 Å². The van der Waals surface area contributed by atoms with Gasteiger partial charge in [-0.3, -0.25) is 37.3 Å². The second-order valence-corrected chi connectivity index (χ2v) is 30.6. The SMILES string of the molecule is CCC(C)CCCCCCCCCCC(=O)O[C@H](COC(=O)CCCCCCCCCC(C)C)COP(=O)(O)OCC(O)COP(=O)(O)OC[C@@H](COC(=O)CCCCCCCCCCC(C)C)OC(=O)CCCCCCCCCCCCCCCCCC(C)C.